The maximum Gasteiger partial charge on any atom is 0.0525 e. The molecule has 2 rings (SSSR count). The predicted molar refractivity (Wildman–Crippen MR) is 85.3 cm³/mol. The smallest absolute Gasteiger partial charge is 0.0525 e. The summed E-state index contributed by atoms with van der Waals surface area (Å²) in [5.74, 6) is 0. The van der Waals surface area contributed by atoms with Crippen LogP contribution in [0.25, 0.3) is 0 Å². The first-order chi connectivity index (χ1) is 8.43. The van der Waals surface area contributed by atoms with E-state index < -0.39 is 0 Å². The highest BCUT2D eigenvalue weighted by atomic mass is 79.9. The number of piperazine rings is 1. The fraction of sp³-hybridized carbons (Fsp3) is 0.571. The van der Waals surface area contributed by atoms with Crippen LogP contribution in [0.1, 0.15) is 27.2 Å². The molecule has 1 aliphatic heterocycles. The Morgan fingerprint density at radius 1 is 1.39 bits per heavy atom. The third-order valence-electron chi connectivity index (χ3n) is 3.51. The molecule has 1 aromatic carbocycles. The van der Waals surface area contributed by atoms with Gasteiger partial charge in [0.05, 0.1) is 5.69 Å². The Bertz CT molecular complexity index is 432. The zero-order valence-corrected chi connectivity index (χ0v) is 14.3. The van der Waals surface area contributed by atoms with Crippen LogP contribution in [0.15, 0.2) is 27.1 Å². The summed E-state index contributed by atoms with van der Waals surface area (Å²) in [6.07, 6.45) is 1.15. The third kappa shape index (κ3) is 3.09. The van der Waals surface area contributed by atoms with Crippen LogP contribution >= 0.6 is 31.9 Å². The third-order valence-corrected chi connectivity index (χ3v) is 4.68. The monoisotopic (exact) mass is 374 g/mol. The first-order valence-electron chi connectivity index (χ1n) is 6.39. The van der Waals surface area contributed by atoms with Crippen molar-refractivity contribution in [3.05, 3.63) is 27.1 Å². The van der Waals surface area contributed by atoms with E-state index in [2.05, 4.69) is 81.0 Å². The van der Waals surface area contributed by atoms with Crippen molar-refractivity contribution in [3.63, 3.8) is 0 Å². The van der Waals surface area contributed by atoms with Gasteiger partial charge < -0.3 is 10.2 Å². The number of anilines is 1. The minimum absolute atomic E-state index is 0.160. The molecule has 0 aromatic heterocycles. The Balaban J connectivity index is 2.35. The Labute approximate surface area is 126 Å². The van der Waals surface area contributed by atoms with E-state index in [0.29, 0.717) is 6.04 Å². The summed E-state index contributed by atoms with van der Waals surface area (Å²) in [4.78, 5) is 2.52. The maximum absolute atomic E-state index is 3.68. The van der Waals surface area contributed by atoms with Crippen molar-refractivity contribution in [1.82, 2.24) is 5.32 Å². The molecule has 0 spiro atoms. The average molecular weight is 376 g/mol. The van der Waals surface area contributed by atoms with Gasteiger partial charge in [-0.2, -0.15) is 0 Å². The molecule has 100 valence electrons. The maximum atomic E-state index is 3.68. The van der Waals surface area contributed by atoms with E-state index in [0.717, 1.165) is 24.0 Å². The molecule has 1 atom stereocenters. The Kier molecular flexibility index (Phi) is 4.40. The Morgan fingerprint density at radius 2 is 2.11 bits per heavy atom. The van der Waals surface area contributed by atoms with E-state index in [9.17, 15) is 0 Å². The lowest BCUT2D eigenvalue weighted by molar-refractivity contribution is 0.306. The standard InChI is InChI=1S/C14H20Br2N2/c1-4-11-8-17-14(2,3)9-18(11)13-7-10(15)5-6-12(13)16/h5-7,11,17H,4,8-9H2,1-3H3. The molecule has 18 heavy (non-hydrogen) atoms. The van der Waals surface area contributed by atoms with Gasteiger partial charge in [0, 0.05) is 33.6 Å². The van der Waals surface area contributed by atoms with Crippen molar-refractivity contribution in [2.24, 2.45) is 0 Å². The van der Waals surface area contributed by atoms with Gasteiger partial charge in [-0.3, -0.25) is 0 Å². The number of rotatable bonds is 2. The number of nitrogens with zero attached hydrogens (tertiary/aromatic N) is 1. The summed E-state index contributed by atoms with van der Waals surface area (Å²) in [5, 5.41) is 3.62. The summed E-state index contributed by atoms with van der Waals surface area (Å²) in [5.41, 5.74) is 1.44. The largest absolute Gasteiger partial charge is 0.365 e. The molecule has 1 saturated heterocycles. The van der Waals surface area contributed by atoms with Gasteiger partial charge in [0.2, 0.25) is 0 Å². The molecule has 1 N–H and O–H groups in total. The molecule has 0 radical (unpaired) electrons. The van der Waals surface area contributed by atoms with Gasteiger partial charge in [0.1, 0.15) is 0 Å². The second-order valence-corrected chi connectivity index (χ2v) is 7.32. The van der Waals surface area contributed by atoms with Crippen molar-refractivity contribution in [2.45, 2.75) is 38.8 Å². The molecule has 0 bridgehead atoms. The van der Waals surface area contributed by atoms with E-state index in [-0.39, 0.29) is 5.54 Å². The summed E-state index contributed by atoms with van der Waals surface area (Å²) in [6.45, 7) is 8.85. The minimum Gasteiger partial charge on any atom is -0.365 e. The minimum atomic E-state index is 0.160. The molecule has 0 saturated carbocycles. The van der Waals surface area contributed by atoms with Crippen LogP contribution in [0.3, 0.4) is 0 Å². The van der Waals surface area contributed by atoms with Crippen molar-refractivity contribution in [3.8, 4) is 0 Å². The molecule has 0 aliphatic carbocycles. The molecule has 0 amide bonds. The van der Waals surface area contributed by atoms with Crippen LogP contribution in [0.4, 0.5) is 5.69 Å². The summed E-state index contributed by atoms with van der Waals surface area (Å²) >= 11 is 7.25. The van der Waals surface area contributed by atoms with Crippen LogP contribution in [0, 0.1) is 0 Å². The van der Waals surface area contributed by atoms with E-state index in [1.807, 2.05) is 0 Å². The molecule has 1 fully saturated rings. The first-order valence-corrected chi connectivity index (χ1v) is 7.98. The van der Waals surface area contributed by atoms with Gasteiger partial charge in [0.15, 0.2) is 0 Å². The number of halogens is 2. The summed E-state index contributed by atoms with van der Waals surface area (Å²) < 4.78 is 2.30. The molecule has 1 aromatic rings. The Hall–Kier alpha value is -0.0600. The lowest BCUT2D eigenvalue weighted by atomic mass is 9.97. The van der Waals surface area contributed by atoms with Crippen molar-refractivity contribution < 1.29 is 0 Å². The number of hydrogen-bond donors (Lipinski definition) is 1. The van der Waals surface area contributed by atoms with Crippen LogP contribution in [0.2, 0.25) is 0 Å². The quantitative estimate of drug-likeness (QED) is 0.834. The SMILES string of the molecule is CCC1CNC(C)(C)CN1c1cc(Br)ccc1Br. The van der Waals surface area contributed by atoms with Gasteiger partial charge in [-0.1, -0.05) is 22.9 Å². The lowest BCUT2D eigenvalue weighted by Crippen LogP contribution is -2.61. The number of benzene rings is 1. The average Bonchev–Trinajstić information content (AvgIpc) is 2.31. The van der Waals surface area contributed by atoms with E-state index in [4.69, 9.17) is 0 Å². The fourth-order valence-corrected chi connectivity index (χ4v) is 3.29. The van der Waals surface area contributed by atoms with Gasteiger partial charge >= 0.3 is 0 Å². The van der Waals surface area contributed by atoms with Crippen LogP contribution in [0.5, 0.6) is 0 Å². The lowest BCUT2D eigenvalue weighted by Gasteiger charge is -2.46. The van der Waals surface area contributed by atoms with Crippen LogP contribution in [-0.2, 0) is 0 Å². The van der Waals surface area contributed by atoms with Gasteiger partial charge in [-0.15, -0.1) is 0 Å². The molecule has 1 heterocycles. The van der Waals surface area contributed by atoms with E-state index >= 15 is 0 Å². The fourth-order valence-electron chi connectivity index (χ4n) is 2.47. The molecule has 1 unspecified atom stereocenters. The molecule has 2 nitrogen and oxygen atoms in total. The van der Waals surface area contributed by atoms with Gasteiger partial charge in [-0.05, 0) is 54.4 Å². The normalized spacial score (nSPS) is 23.2. The highest BCUT2D eigenvalue weighted by Crippen LogP contribution is 2.33. The van der Waals surface area contributed by atoms with Crippen molar-refractivity contribution in [2.75, 3.05) is 18.0 Å². The second kappa shape index (κ2) is 5.51. The predicted octanol–water partition coefficient (Wildman–Crippen LogP) is 4.18. The molecular weight excluding hydrogens is 356 g/mol. The number of nitrogens with one attached hydrogen (secondary N) is 1. The van der Waals surface area contributed by atoms with Gasteiger partial charge in [0.25, 0.3) is 0 Å². The highest BCUT2D eigenvalue weighted by molar-refractivity contribution is 9.11. The summed E-state index contributed by atoms with van der Waals surface area (Å²) in [7, 11) is 0. The van der Waals surface area contributed by atoms with Crippen LogP contribution < -0.4 is 10.2 Å². The topological polar surface area (TPSA) is 15.3 Å². The highest BCUT2D eigenvalue weighted by Gasteiger charge is 2.32. The summed E-state index contributed by atoms with van der Waals surface area (Å²) in [6, 6.07) is 6.95. The van der Waals surface area contributed by atoms with Crippen LogP contribution in [-0.4, -0.2) is 24.7 Å². The van der Waals surface area contributed by atoms with Crippen molar-refractivity contribution >= 4 is 37.5 Å². The first kappa shape index (κ1) is 14.4. The zero-order valence-electron chi connectivity index (χ0n) is 11.1. The molecular formula is C14H20Br2N2. The Morgan fingerprint density at radius 3 is 2.78 bits per heavy atom. The van der Waals surface area contributed by atoms with E-state index in [1.54, 1.807) is 0 Å². The van der Waals surface area contributed by atoms with Gasteiger partial charge in [-0.25, -0.2) is 0 Å². The second-order valence-electron chi connectivity index (χ2n) is 5.55. The molecule has 4 heteroatoms. The molecule has 1 aliphatic rings. The zero-order chi connectivity index (χ0) is 13.3. The van der Waals surface area contributed by atoms with E-state index in [1.165, 1.54) is 10.2 Å². The van der Waals surface area contributed by atoms with Crippen molar-refractivity contribution in [1.29, 1.82) is 0 Å². The number of hydrogen-bond acceptors (Lipinski definition) is 2.